The van der Waals surface area contributed by atoms with Crippen molar-refractivity contribution in [1.82, 2.24) is 47.5 Å². The fourth-order valence-electron chi connectivity index (χ4n) is 5.87. The van der Waals surface area contributed by atoms with E-state index in [1.54, 1.807) is 31.6 Å². The predicted octanol–water partition coefficient (Wildman–Crippen LogP) is 12.6. The molecule has 0 saturated carbocycles. The third kappa shape index (κ3) is 85.4. The van der Waals surface area contributed by atoms with E-state index < -0.39 is 27.6 Å². The summed E-state index contributed by atoms with van der Waals surface area (Å²) in [5, 5.41) is 23.9. The fraction of sp³-hybridized carbons (Fsp3) is 0.914. The van der Waals surface area contributed by atoms with E-state index in [-0.39, 0.29) is 46.2 Å². The number of methoxy groups -OCH3 is 1. The molecule has 1 aromatic rings. The van der Waals surface area contributed by atoms with Crippen molar-refractivity contribution in [1.29, 1.82) is 0 Å². The molecule has 0 amide bonds. The third-order valence-electron chi connectivity index (χ3n) is 9.59. The molecule has 1 aromatic heterocycles. The summed E-state index contributed by atoms with van der Waals surface area (Å²) in [6.45, 7) is 46.4. The summed E-state index contributed by atoms with van der Waals surface area (Å²) in [6.07, 6.45) is 11.1. The van der Waals surface area contributed by atoms with Crippen molar-refractivity contribution < 1.29 is 44.2 Å². The Balaban J connectivity index is -0.0000000966. The van der Waals surface area contributed by atoms with Crippen molar-refractivity contribution in [3.63, 3.8) is 0 Å². The van der Waals surface area contributed by atoms with E-state index in [1.165, 1.54) is 82.9 Å². The number of alkyl halides is 6. The number of aromatic nitrogens is 1. The Morgan fingerprint density at radius 1 is 0.443 bits per heavy atom. The van der Waals surface area contributed by atoms with Crippen LogP contribution in [-0.2, 0) is 14.6 Å². The molecular formula is C58H131F6N9O4S2. The van der Waals surface area contributed by atoms with Crippen molar-refractivity contribution in [2.75, 3.05) is 148 Å². The standard InChI is InChI=1S/C6H7NO.2C5H9F2N.C5H11N.C4H7F2N.C4H9NO2S.C4H9NO.C4H9NS.C4H9N.8C2H6.CH4/c1-8-6-2-4-7-5-3-6;6-5(7)1-3-8-4-2-5;6-5(7)2-1-3-8-4-5;1-2-4-6-5-3-1;5-4(6)1-2-7-3-4;6-8(7)3-1-5-2-4-8;2*1-3-6-4-2-5-1;1-2-4-5-3-1;8*1-2;/h2-5H,1H3;2*8H,1-4H2;6H,1-5H2;7H,1-3H2;5H,1-4H2;2*5H,1-4H2;5H,1-4H2;8*1-2H3;1H4. The number of piperidine rings is 3. The molecule has 486 valence electrons. The van der Waals surface area contributed by atoms with Gasteiger partial charge in [0.1, 0.15) is 5.75 Å². The molecule has 0 bridgehead atoms. The van der Waals surface area contributed by atoms with Crippen molar-refractivity contribution in [2.24, 2.45) is 0 Å². The van der Waals surface area contributed by atoms with Crippen LogP contribution in [0, 0.1) is 0 Å². The molecule has 0 aromatic carbocycles. The smallest absolute Gasteiger partial charge is 0.261 e. The molecule has 8 fully saturated rings. The van der Waals surface area contributed by atoms with Gasteiger partial charge in [0.2, 0.25) is 0 Å². The SMILES string of the molecule is C.C1CCNC1.C1CCNCC1.C1COCCN1.C1CSCCN1.CC.CC.CC.CC.CC.CC.CC.CC.COc1ccncc1.FC1(F)CCCNC1.FC1(F)CCNC1.FC1(F)CCNCC1.O=S1(=O)CCNCC1. The summed E-state index contributed by atoms with van der Waals surface area (Å²) in [4.78, 5) is 3.81. The number of morpholine rings is 1. The summed E-state index contributed by atoms with van der Waals surface area (Å²) >= 11 is 2.03. The van der Waals surface area contributed by atoms with E-state index in [4.69, 9.17) is 9.47 Å². The highest BCUT2D eigenvalue weighted by atomic mass is 32.2. The summed E-state index contributed by atoms with van der Waals surface area (Å²) < 4.78 is 103. The van der Waals surface area contributed by atoms with Crippen LogP contribution in [0.25, 0.3) is 0 Å². The van der Waals surface area contributed by atoms with Crippen molar-refractivity contribution >= 4 is 21.6 Å². The molecule has 0 spiro atoms. The number of rotatable bonds is 1. The first-order valence-corrected chi connectivity index (χ1v) is 33.3. The molecule has 8 N–H and O–H groups in total. The van der Waals surface area contributed by atoms with E-state index in [9.17, 15) is 34.8 Å². The van der Waals surface area contributed by atoms with Gasteiger partial charge in [-0.15, -0.1) is 0 Å². The van der Waals surface area contributed by atoms with Gasteiger partial charge < -0.3 is 52.0 Å². The summed E-state index contributed by atoms with van der Waals surface area (Å²) in [5.41, 5.74) is 0. The second kappa shape index (κ2) is 80.7. The molecule has 0 unspecified atom stereocenters. The first kappa shape index (κ1) is 96.6. The van der Waals surface area contributed by atoms with Crippen LogP contribution in [-0.4, -0.2) is 179 Å². The van der Waals surface area contributed by atoms with E-state index in [0.29, 0.717) is 50.7 Å². The molecule has 13 nitrogen and oxygen atoms in total. The molecule has 79 heavy (non-hydrogen) atoms. The van der Waals surface area contributed by atoms with Crippen LogP contribution in [0.15, 0.2) is 24.5 Å². The Bertz CT molecular complexity index is 1140. The lowest BCUT2D eigenvalue weighted by molar-refractivity contribution is -0.0274. The second-order valence-corrected chi connectivity index (χ2v) is 18.8. The van der Waals surface area contributed by atoms with Gasteiger partial charge in [0.25, 0.3) is 17.8 Å². The minimum atomic E-state index is -2.65. The Morgan fingerprint density at radius 2 is 0.772 bits per heavy atom. The summed E-state index contributed by atoms with van der Waals surface area (Å²) in [5.74, 6) is -3.15. The van der Waals surface area contributed by atoms with Gasteiger partial charge in [-0.3, -0.25) is 4.98 Å². The summed E-state index contributed by atoms with van der Waals surface area (Å²) in [7, 11) is -1.01. The number of hydrogen-bond acceptors (Lipinski definition) is 14. The number of nitrogens with zero attached hydrogens (tertiary/aromatic N) is 1. The third-order valence-corrected chi connectivity index (χ3v) is 12.2. The van der Waals surface area contributed by atoms with Crippen molar-refractivity contribution in [3.05, 3.63) is 24.5 Å². The van der Waals surface area contributed by atoms with Crippen LogP contribution in [0.3, 0.4) is 0 Å². The molecule has 8 aliphatic heterocycles. The number of halogens is 6. The molecule has 21 heteroatoms. The van der Waals surface area contributed by atoms with Crippen molar-refractivity contribution in [2.45, 2.75) is 200 Å². The van der Waals surface area contributed by atoms with Gasteiger partial charge in [-0.25, -0.2) is 34.8 Å². The first-order chi connectivity index (χ1) is 37.8. The minimum Gasteiger partial charge on any atom is -0.497 e. The monoisotopic (exact) mass is 1200 g/mol. The number of hydrogen-bond donors (Lipinski definition) is 8. The van der Waals surface area contributed by atoms with Crippen LogP contribution in [0.4, 0.5) is 26.3 Å². The van der Waals surface area contributed by atoms with Gasteiger partial charge in [0.15, 0.2) is 9.84 Å². The second-order valence-electron chi connectivity index (χ2n) is 15.3. The quantitative estimate of drug-likeness (QED) is 0.125. The number of pyridine rings is 1. The predicted molar refractivity (Wildman–Crippen MR) is 339 cm³/mol. The highest BCUT2D eigenvalue weighted by Crippen LogP contribution is 2.24. The molecule has 9 heterocycles. The normalized spacial score (nSPS) is 19.4. The first-order valence-electron chi connectivity index (χ1n) is 30.4. The van der Waals surface area contributed by atoms with Crippen LogP contribution in [0.2, 0.25) is 0 Å². The summed E-state index contributed by atoms with van der Waals surface area (Å²) in [6, 6.07) is 3.61. The molecule has 8 saturated heterocycles. The van der Waals surface area contributed by atoms with E-state index >= 15 is 0 Å². The topological polar surface area (TPSA) is 162 Å². The maximum atomic E-state index is 12.2. The molecule has 0 radical (unpaired) electrons. The Hall–Kier alpha value is -1.53. The van der Waals surface area contributed by atoms with Gasteiger partial charge in [0, 0.05) is 108 Å². The molecule has 9 rings (SSSR count). The molecular weight excluding hydrogens is 1060 g/mol. The largest absolute Gasteiger partial charge is 0.497 e. The molecule has 0 aliphatic carbocycles. The number of thioether (sulfide) groups is 1. The highest BCUT2D eigenvalue weighted by Gasteiger charge is 2.32. The van der Waals surface area contributed by atoms with E-state index in [2.05, 4.69) is 47.5 Å². The maximum Gasteiger partial charge on any atom is 0.261 e. The lowest BCUT2D eigenvalue weighted by Crippen LogP contribution is -2.38. The highest BCUT2D eigenvalue weighted by molar-refractivity contribution is 7.99. The Kier molecular flexibility index (Phi) is 98.7. The number of sulfone groups is 1. The van der Waals surface area contributed by atoms with Crippen LogP contribution in [0.5, 0.6) is 5.75 Å². The molecule has 8 aliphatic rings. The Morgan fingerprint density at radius 3 is 0.949 bits per heavy atom. The van der Waals surface area contributed by atoms with Gasteiger partial charge in [0.05, 0.1) is 44.9 Å². The van der Waals surface area contributed by atoms with Crippen LogP contribution < -0.4 is 47.3 Å². The zero-order valence-electron chi connectivity index (χ0n) is 53.1. The average Bonchev–Trinajstić information content (AvgIpc) is 4.25. The van der Waals surface area contributed by atoms with Gasteiger partial charge >= 0.3 is 0 Å². The minimum absolute atomic E-state index is 0. The van der Waals surface area contributed by atoms with Crippen molar-refractivity contribution in [3.8, 4) is 5.75 Å². The van der Waals surface area contributed by atoms with E-state index in [1.807, 2.05) is 123 Å². The van der Waals surface area contributed by atoms with Crippen LogP contribution >= 0.6 is 11.8 Å². The molecule has 0 atom stereocenters. The number of ether oxygens (including phenoxy) is 2. The lowest BCUT2D eigenvalue weighted by Gasteiger charge is -2.21. The van der Waals surface area contributed by atoms with Crippen LogP contribution in [0.1, 0.15) is 182 Å². The fourth-order valence-corrected chi connectivity index (χ4v) is 7.77. The van der Waals surface area contributed by atoms with Gasteiger partial charge in [-0.2, -0.15) is 11.8 Å². The number of nitrogens with one attached hydrogen (secondary N) is 8. The Labute approximate surface area is 489 Å². The average molecular weight is 1200 g/mol. The van der Waals surface area contributed by atoms with Gasteiger partial charge in [-0.1, -0.05) is 125 Å². The van der Waals surface area contributed by atoms with Gasteiger partial charge in [-0.05, 0) is 77.0 Å². The lowest BCUT2D eigenvalue weighted by atomic mass is 10.1. The van der Waals surface area contributed by atoms with E-state index in [0.717, 1.165) is 38.6 Å². The maximum absolute atomic E-state index is 12.2. The zero-order chi connectivity index (χ0) is 61.5. The zero-order valence-corrected chi connectivity index (χ0v) is 54.7.